The SMILES string of the molecule is CCCC1=C(C(=O)OCC)[C@H](c2cccs2)n2c(s/c(=C\c3ccc(OCc4ccc(Br)cc4)c(OC)c3)c2=O)=N1. The summed E-state index contributed by atoms with van der Waals surface area (Å²) in [4.78, 5) is 33.3. The minimum atomic E-state index is -0.585. The third-order valence-electron chi connectivity index (χ3n) is 6.50. The van der Waals surface area contributed by atoms with Crippen LogP contribution in [0.1, 0.15) is 48.7 Å². The number of fused-ring (bicyclic) bond motifs is 1. The first-order chi connectivity index (χ1) is 19.9. The molecular formula is C31H29BrN2O5S2. The second-order valence-corrected chi connectivity index (χ2v) is 12.2. The molecule has 10 heteroatoms. The summed E-state index contributed by atoms with van der Waals surface area (Å²) in [6.07, 6.45) is 3.24. The zero-order valence-electron chi connectivity index (χ0n) is 22.9. The normalized spacial score (nSPS) is 14.9. The van der Waals surface area contributed by atoms with Gasteiger partial charge in [0.1, 0.15) is 12.6 Å². The van der Waals surface area contributed by atoms with E-state index < -0.39 is 12.0 Å². The van der Waals surface area contributed by atoms with Gasteiger partial charge < -0.3 is 14.2 Å². The number of nitrogens with zero attached hydrogens (tertiary/aromatic N) is 2. The molecule has 41 heavy (non-hydrogen) atoms. The number of methoxy groups -OCH3 is 1. The van der Waals surface area contributed by atoms with Crippen LogP contribution in [0.4, 0.5) is 0 Å². The highest BCUT2D eigenvalue weighted by Gasteiger charge is 2.34. The number of ether oxygens (including phenoxy) is 3. The van der Waals surface area contributed by atoms with Gasteiger partial charge >= 0.3 is 5.97 Å². The Bertz CT molecular complexity index is 1760. The summed E-state index contributed by atoms with van der Waals surface area (Å²) in [5.74, 6) is 0.737. The first-order valence-corrected chi connectivity index (χ1v) is 15.7. The van der Waals surface area contributed by atoms with E-state index in [0.29, 0.717) is 45.1 Å². The Morgan fingerprint density at radius 3 is 2.61 bits per heavy atom. The molecule has 212 valence electrons. The monoisotopic (exact) mass is 652 g/mol. The number of carbonyl (C=O) groups is 1. The van der Waals surface area contributed by atoms with Crippen molar-refractivity contribution in [3.05, 3.63) is 111 Å². The number of esters is 1. The summed E-state index contributed by atoms with van der Waals surface area (Å²) < 4.78 is 20.2. The summed E-state index contributed by atoms with van der Waals surface area (Å²) in [7, 11) is 1.59. The van der Waals surface area contributed by atoms with Crippen molar-refractivity contribution in [1.82, 2.24) is 4.57 Å². The van der Waals surface area contributed by atoms with Gasteiger partial charge in [-0.2, -0.15) is 0 Å². The van der Waals surface area contributed by atoms with Crippen molar-refractivity contribution in [2.24, 2.45) is 4.99 Å². The number of allylic oxidation sites excluding steroid dienone is 1. The molecule has 2 aromatic heterocycles. The molecular weight excluding hydrogens is 624 g/mol. The lowest BCUT2D eigenvalue weighted by molar-refractivity contribution is -0.139. The smallest absolute Gasteiger partial charge is 0.338 e. The van der Waals surface area contributed by atoms with Gasteiger partial charge in [-0.3, -0.25) is 9.36 Å². The fraction of sp³-hybridized carbons (Fsp3) is 0.258. The molecule has 0 spiro atoms. The van der Waals surface area contributed by atoms with Gasteiger partial charge in [-0.15, -0.1) is 11.3 Å². The highest BCUT2D eigenvalue weighted by atomic mass is 79.9. The van der Waals surface area contributed by atoms with Crippen LogP contribution >= 0.6 is 38.6 Å². The zero-order chi connectivity index (χ0) is 28.9. The maximum atomic E-state index is 13.9. The Labute approximate surface area is 254 Å². The molecule has 2 aromatic carbocycles. The fourth-order valence-electron chi connectivity index (χ4n) is 4.62. The summed E-state index contributed by atoms with van der Waals surface area (Å²) in [5, 5.41) is 1.94. The number of thiazole rings is 1. The minimum absolute atomic E-state index is 0.209. The van der Waals surface area contributed by atoms with Gasteiger partial charge in [-0.1, -0.05) is 64.9 Å². The fourth-order valence-corrected chi connectivity index (χ4v) is 6.73. The Hall–Kier alpha value is -3.47. The quantitative estimate of drug-likeness (QED) is 0.197. The zero-order valence-corrected chi connectivity index (χ0v) is 26.1. The predicted molar refractivity (Wildman–Crippen MR) is 165 cm³/mol. The lowest BCUT2D eigenvalue weighted by Crippen LogP contribution is -2.39. The standard InChI is InChI=1S/C31H29BrN2O5S2/c1-4-7-22-27(30(36)38-5-2)28(25-8-6-15-40-25)34-29(35)26(41-31(34)33-22)17-20-11-14-23(24(16-20)37-3)39-18-19-9-12-21(32)13-10-19/h6,8-17,28H,4-5,7,18H2,1-3H3/b26-17-/t28-/m0/s1. The second kappa shape index (κ2) is 13.0. The van der Waals surface area contributed by atoms with Crippen LogP contribution in [-0.4, -0.2) is 24.3 Å². The Balaban J connectivity index is 1.54. The van der Waals surface area contributed by atoms with E-state index in [4.69, 9.17) is 19.2 Å². The first-order valence-electron chi connectivity index (χ1n) is 13.2. The van der Waals surface area contributed by atoms with E-state index in [2.05, 4.69) is 15.9 Å². The van der Waals surface area contributed by atoms with Gasteiger partial charge in [0.25, 0.3) is 5.56 Å². The van der Waals surface area contributed by atoms with Gasteiger partial charge in [-0.25, -0.2) is 9.79 Å². The van der Waals surface area contributed by atoms with E-state index in [1.54, 1.807) is 18.6 Å². The van der Waals surface area contributed by atoms with Crippen LogP contribution in [0.3, 0.4) is 0 Å². The maximum Gasteiger partial charge on any atom is 0.338 e. The van der Waals surface area contributed by atoms with Gasteiger partial charge in [0, 0.05) is 9.35 Å². The van der Waals surface area contributed by atoms with Crippen LogP contribution in [0, 0.1) is 0 Å². The van der Waals surface area contributed by atoms with Crippen molar-refractivity contribution in [1.29, 1.82) is 0 Å². The average molecular weight is 654 g/mol. The molecule has 1 aliphatic heterocycles. The van der Waals surface area contributed by atoms with Crippen LogP contribution in [0.5, 0.6) is 11.5 Å². The molecule has 0 saturated heterocycles. The maximum absolute atomic E-state index is 13.9. The molecule has 4 aromatic rings. The first kappa shape index (κ1) is 29.0. The third kappa shape index (κ3) is 6.24. The highest BCUT2D eigenvalue weighted by molar-refractivity contribution is 9.10. The van der Waals surface area contributed by atoms with Crippen molar-refractivity contribution in [3.63, 3.8) is 0 Å². The molecule has 0 amide bonds. The van der Waals surface area contributed by atoms with Crippen LogP contribution in [-0.2, 0) is 16.1 Å². The van der Waals surface area contributed by atoms with E-state index in [-0.39, 0.29) is 12.2 Å². The molecule has 1 atom stereocenters. The van der Waals surface area contributed by atoms with Gasteiger partial charge in [0.15, 0.2) is 16.3 Å². The molecule has 0 fully saturated rings. The van der Waals surface area contributed by atoms with Crippen molar-refractivity contribution < 1.29 is 19.0 Å². The van der Waals surface area contributed by atoms with Crippen LogP contribution < -0.4 is 24.4 Å². The van der Waals surface area contributed by atoms with Crippen LogP contribution in [0.2, 0.25) is 0 Å². The molecule has 5 rings (SSSR count). The molecule has 0 N–H and O–H groups in total. The van der Waals surface area contributed by atoms with E-state index in [9.17, 15) is 9.59 Å². The van der Waals surface area contributed by atoms with E-state index in [1.807, 2.05) is 73.0 Å². The summed E-state index contributed by atoms with van der Waals surface area (Å²) in [6.45, 7) is 4.46. The number of halogens is 1. The van der Waals surface area contributed by atoms with Crippen molar-refractivity contribution in [3.8, 4) is 11.5 Å². The predicted octanol–water partition coefficient (Wildman–Crippen LogP) is 5.99. The lowest BCUT2D eigenvalue weighted by atomic mass is 9.99. The topological polar surface area (TPSA) is 79.1 Å². The van der Waals surface area contributed by atoms with E-state index >= 15 is 0 Å². The highest BCUT2D eigenvalue weighted by Crippen LogP contribution is 2.35. The lowest BCUT2D eigenvalue weighted by Gasteiger charge is -2.24. The molecule has 0 aliphatic carbocycles. The van der Waals surface area contributed by atoms with Crippen molar-refractivity contribution in [2.75, 3.05) is 13.7 Å². The number of benzene rings is 2. The molecule has 0 radical (unpaired) electrons. The van der Waals surface area contributed by atoms with E-state index in [0.717, 1.165) is 26.9 Å². The second-order valence-electron chi connectivity index (χ2n) is 9.25. The number of hydrogen-bond donors (Lipinski definition) is 0. The minimum Gasteiger partial charge on any atom is -0.493 e. The molecule has 3 heterocycles. The molecule has 7 nitrogen and oxygen atoms in total. The number of aromatic nitrogens is 1. The number of rotatable bonds is 10. The summed E-state index contributed by atoms with van der Waals surface area (Å²) >= 11 is 6.26. The van der Waals surface area contributed by atoms with Crippen LogP contribution in [0.25, 0.3) is 6.08 Å². The van der Waals surface area contributed by atoms with Crippen molar-refractivity contribution >= 4 is 50.6 Å². The Kier molecular flexibility index (Phi) is 9.22. The number of thiophene rings is 1. The molecule has 0 saturated carbocycles. The van der Waals surface area contributed by atoms with E-state index in [1.165, 1.54) is 22.7 Å². The number of hydrogen-bond acceptors (Lipinski definition) is 8. The number of carbonyl (C=O) groups excluding carboxylic acids is 1. The Morgan fingerprint density at radius 2 is 1.93 bits per heavy atom. The van der Waals surface area contributed by atoms with Crippen molar-refractivity contribution in [2.45, 2.75) is 39.3 Å². The van der Waals surface area contributed by atoms with Crippen LogP contribution in [0.15, 0.2) is 85.5 Å². The summed E-state index contributed by atoms with van der Waals surface area (Å²) in [6, 6.07) is 16.8. The average Bonchev–Trinajstić information content (AvgIpc) is 3.61. The molecule has 1 aliphatic rings. The molecule has 0 bridgehead atoms. The van der Waals surface area contributed by atoms with Gasteiger partial charge in [0.05, 0.1) is 29.5 Å². The van der Waals surface area contributed by atoms with Gasteiger partial charge in [-0.05, 0) is 66.3 Å². The van der Waals surface area contributed by atoms with Gasteiger partial charge in [0.2, 0.25) is 0 Å². The molecule has 0 unspecified atom stereocenters. The Morgan fingerprint density at radius 1 is 1.12 bits per heavy atom. The summed E-state index contributed by atoms with van der Waals surface area (Å²) in [5.41, 5.74) is 2.72. The third-order valence-corrected chi connectivity index (χ3v) is 8.93. The largest absolute Gasteiger partial charge is 0.493 e.